The van der Waals surface area contributed by atoms with Gasteiger partial charge in [0.05, 0.1) is 32.5 Å². The van der Waals surface area contributed by atoms with Gasteiger partial charge in [0.2, 0.25) is 0 Å². The van der Waals surface area contributed by atoms with E-state index in [0.717, 1.165) is 24.5 Å². The molecule has 178 valence electrons. The maximum absolute atomic E-state index is 11.1. The lowest BCUT2D eigenvalue weighted by Gasteiger charge is -2.05. The molecule has 1 fully saturated rings. The first-order valence-electron chi connectivity index (χ1n) is 9.90. The Balaban J connectivity index is 0.000000466. The van der Waals surface area contributed by atoms with Crippen molar-refractivity contribution in [2.45, 2.75) is 26.7 Å². The second kappa shape index (κ2) is 17.3. The van der Waals surface area contributed by atoms with Gasteiger partial charge in [-0.15, -0.1) is 0 Å². The summed E-state index contributed by atoms with van der Waals surface area (Å²) in [6.07, 6.45) is 2.56. The van der Waals surface area contributed by atoms with Gasteiger partial charge in [0, 0.05) is 13.2 Å². The third-order valence-corrected chi connectivity index (χ3v) is 4.26. The molecule has 0 atom stereocenters. The van der Waals surface area contributed by atoms with Crippen molar-refractivity contribution in [1.82, 2.24) is 0 Å². The number of benzene rings is 2. The number of carbonyl (C=O) groups is 2. The van der Waals surface area contributed by atoms with E-state index in [-0.39, 0.29) is 11.7 Å². The van der Waals surface area contributed by atoms with E-state index in [0.29, 0.717) is 16.7 Å². The first-order chi connectivity index (χ1) is 15.3. The number of carbonyl (C=O) groups excluding carboxylic acids is 2. The predicted molar refractivity (Wildman–Crippen MR) is 133 cm³/mol. The monoisotopic (exact) mass is 560 g/mol. The van der Waals surface area contributed by atoms with Crippen molar-refractivity contribution in [2.24, 2.45) is 0 Å². The van der Waals surface area contributed by atoms with Gasteiger partial charge in [-0.3, -0.25) is 0 Å². The highest BCUT2D eigenvalue weighted by molar-refractivity contribution is 14.1. The third kappa shape index (κ3) is 10.8. The summed E-state index contributed by atoms with van der Waals surface area (Å²) in [4.78, 5) is 24.0. The van der Waals surface area contributed by atoms with E-state index in [1.807, 2.05) is 11.9 Å². The second-order valence-corrected chi connectivity index (χ2v) is 6.49. The number of aromatic hydroxyl groups is 1. The molecule has 1 aliphatic heterocycles. The molecule has 0 radical (unpaired) electrons. The molecule has 1 aliphatic rings. The van der Waals surface area contributed by atoms with Gasteiger partial charge in [-0.1, -0.05) is 22.6 Å². The van der Waals surface area contributed by atoms with Crippen LogP contribution in [0.15, 0.2) is 36.4 Å². The number of alkyl halides is 1. The lowest BCUT2D eigenvalue weighted by molar-refractivity contribution is 0.0591. The highest BCUT2D eigenvalue weighted by Gasteiger charge is 2.07. The molecule has 1 N–H and O–H groups in total. The Hall–Kier alpha value is -2.33. The standard InChI is InChI=1S/C10H12O3.C9H10O3.C4H8O.CH3I/c1-7-6-8(10(11)13-3)4-5-9(7)12-2;1-6-5-7(9(11)12-2)3-4-8(6)10;1-2-4-5-3-1;1-2/h4-6H,1-3H3;3-5,10H,1-2H3;1-4H2;1H3. The molecular formula is C24H33IO7. The predicted octanol–water partition coefficient (Wildman–Crippen LogP) is 5.13. The average molecular weight is 560 g/mol. The minimum absolute atomic E-state index is 0.183. The SMILES string of the molecule is C1CCOC1.CI.COC(=O)c1ccc(O)c(C)c1.COC(=O)c1ccc(OC)c(C)c1. The highest BCUT2D eigenvalue weighted by atomic mass is 127. The number of hydrogen-bond acceptors (Lipinski definition) is 7. The Morgan fingerprint density at radius 1 is 0.844 bits per heavy atom. The summed E-state index contributed by atoms with van der Waals surface area (Å²) >= 11 is 2.15. The van der Waals surface area contributed by atoms with Crippen molar-refractivity contribution < 1.29 is 33.6 Å². The number of halogens is 1. The summed E-state index contributed by atoms with van der Waals surface area (Å²) in [5.74, 6) is 0.235. The molecule has 0 spiro atoms. The molecule has 1 heterocycles. The van der Waals surface area contributed by atoms with Crippen LogP contribution in [0, 0.1) is 13.8 Å². The zero-order chi connectivity index (χ0) is 24.5. The van der Waals surface area contributed by atoms with Crippen LogP contribution in [0.4, 0.5) is 0 Å². The van der Waals surface area contributed by atoms with E-state index in [4.69, 9.17) is 14.6 Å². The van der Waals surface area contributed by atoms with Crippen molar-refractivity contribution in [3.05, 3.63) is 58.7 Å². The van der Waals surface area contributed by atoms with Crippen LogP contribution in [-0.2, 0) is 14.2 Å². The quantitative estimate of drug-likeness (QED) is 0.317. The number of esters is 2. The van der Waals surface area contributed by atoms with E-state index < -0.39 is 5.97 Å². The number of hydrogen-bond donors (Lipinski definition) is 1. The van der Waals surface area contributed by atoms with Crippen LogP contribution < -0.4 is 4.74 Å². The Kier molecular flexibility index (Phi) is 16.0. The maximum atomic E-state index is 11.1. The fourth-order valence-corrected chi connectivity index (χ4v) is 2.53. The third-order valence-electron chi connectivity index (χ3n) is 4.26. The van der Waals surface area contributed by atoms with Crippen LogP contribution in [0.1, 0.15) is 44.7 Å². The number of phenolic OH excluding ortho intramolecular Hbond substituents is 1. The lowest BCUT2D eigenvalue weighted by atomic mass is 10.1. The van der Waals surface area contributed by atoms with E-state index in [9.17, 15) is 9.59 Å². The Morgan fingerprint density at radius 3 is 1.66 bits per heavy atom. The van der Waals surface area contributed by atoms with Crippen LogP contribution in [0.3, 0.4) is 0 Å². The summed E-state index contributed by atoms with van der Waals surface area (Å²) in [5, 5.41) is 9.15. The van der Waals surface area contributed by atoms with Gasteiger partial charge >= 0.3 is 11.9 Å². The Labute approximate surface area is 204 Å². The molecule has 0 unspecified atom stereocenters. The van der Waals surface area contributed by atoms with Crippen LogP contribution in [0.2, 0.25) is 0 Å². The van der Waals surface area contributed by atoms with Crippen LogP contribution in [0.25, 0.3) is 0 Å². The first-order valence-corrected chi connectivity index (χ1v) is 12.1. The van der Waals surface area contributed by atoms with Gasteiger partial charge in [0.1, 0.15) is 11.5 Å². The number of aryl methyl sites for hydroxylation is 2. The van der Waals surface area contributed by atoms with Crippen molar-refractivity contribution in [3.8, 4) is 11.5 Å². The Morgan fingerprint density at radius 2 is 1.31 bits per heavy atom. The molecule has 7 nitrogen and oxygen atoms in total. The smallest absolute Gasteiger partial charge is 0.337 e. The molecular weight excluding hydrogens is 527 g/mol. The van der Waals surface area contributed by atoms with Crippen LogP contribution in [-0.4, -0.2) is 56.5 Å². The maximum Gasteiger partial charge on any atom is 0.337 e. The summed E-state index contributed by atoms with van der Waals surface area (Å²) in [7, 11) is 4.28. The summed E-state index contributed by atoms with van der Waals surface area (Å²) in [6.45, 7) is 5.60. The normalized spacial score (nSPS) is 11.3. The van der Waals surface area contributed by atoms with Crippen molar-refractivity contribution in [2.75, 3.05) is 39.5 Å². The largest absolute Gasteiger partial charge is 0.508 e. The average Bonchev–Trinajstić information content (AvgIpc) is 3.42. The number of ether oxygens (including phenoxy) is 4. The minimum atomic E-state index is -0.391. The Bertz CT molecular complexity index is 825. The molecule has 0 bridgehead atoms. The molecule has 0 aliphatic carbocycles. The first kappa shape index (κ1) is 29.7. The zero-order valence-electron chi connectivity index (χ0n) is 19.6. The van der Waals surface area contributed by atoms with Gasteiger partial charge in [0.25, 0.3) is 0 Å². The number of methoxy groups -OCH3 is 3. The van der Waals surface area contributed by atoms with Crippen LogP contribution in [0.5, 0.6) is 11.5 Å². The van der Waals surface area contributed by atoms with Crippen molar-refractivity contribution >= 4 is 34.5 Å². The fourth-order valence-electron chi connectivity index (χ4n) is 2.53. The fraction of sp³-hybridized carbons (Fsp3) is 0.417. The highest BCUT2D eigenvalue weighted by Crippen LogP contribution is 2.19. The minimum Gasteiger partial charge on any atom is -0.508 e. The lowest BCUT2D eigenvalue weighted by Crippen LogP contribution is -2.01. The molecule has 32 heavy (non-hydrogen) atoms. The van der Waals surface area contributed by atoms with E-state index in [2.05, 4.69) is 32.1 Å². The van der Waals surface area contributed by atoms with Crippen molar-refractivity contribution in [1.29, 1.82) is 0 Å². The summed E-state index contributed by atoms with van der Waals surface area (Å²) < 4.78 is 19.1. The zero-order valence-corrected chi connectivity index (χ0v) is 21.7. The van der Waals surface area contributed by atoms with Gasteiger partial charge in [-0.2, -0.15) is 0 Å². The van der Waals surface area contributed by atoms with Gasteiger partial charge < -0.3 is 24.1 Å². The van der Waals surface area contributed by atoms with E-state index in [1.54, 1.807) is 38.3 Å². The van der Waals surface area contributed by atoms with E-state index in [1.165, 1.54) is 39.2 Å². The van der Waals surface area contributed by atoms with Gasteiger partial charge in [-0.25, -0.2) is 9.59 Å². The topological polar surface area (TPSA) is 91.3 Å². The molecule has 0 saturated carbocycles. The van der Waals surface area contributed by atoms with Crippen molar-refractivity contribution in [3.63, 3.8) is 0 Å². The molecule has 0 amide bonds. The number of rotatable bonds is 3. The molecule has 2 aromatic carbocycles. The molecule has 2 aromatic rings. The summed E-state index contributed by atoms with van der Waals surface area (Å²) in [6, 6.07) is 9.75. The molecule has 1 saturated heterocycles. The molecule has 0 aromatic heterocycles. The molecule has 3 rings (SSSR count). The summed E-state index contributed by atoms with van der Waals surface area (Å²) in [5.41, 5.74) is 2.58. The second-order valence-electron chi connectivity index (χ2n) is 6.49. The van der Waals surface area contributed by atoms with Gasteiger partial charge in [0.15, 0.2) is 0 Å². The molecule has 8 heteroatoms. The number of phenols is 1. The van der Waals surface area contributed by atoms with Crippen LogP contribution >= 0.6 is 22.6 Å². The van der Waals surface area contributed by atoms with Gasteiger partial charge in [-0.05, 0) is 79.1 Å². The van der Waals surface area contributed by atoms with E-state index >= 15 is 0 Å².